The van der Waals surface area contributed by atoms with Crippen LogP contribution in [0.1, 0.15) is 21.5 Å². The molecular formula is C31H25F3N2O6S. The van der Waals surface area contributed by atoms with Crippen LogP contribution in [0.15, 0.2) is 102 Å². The molecule has 1 aliphatic heterocycles. The van der Waals surface area contributed by atoms with Crippen LogP contribution >= 0.6 is 0 Å². The van der Waals surface area contributed by atoms with E-state index >= 15 is 0 Å². The van der Waals surface area contributed by atoms with E-state index in [0.29, 0.717) is 17.0 Å². The highest BCUT2D eigenvalue weighted by molar-refractivity contribution is 7.93. The van der Waals surface area contributed by atoms with E-state index in [1.54, 1.807) is 24.3 Å². The Kier molecular flexibility index (Phi) is 8.14. The first-order valence-corrected chi connectivity index (χ1v) is 14.5. The number of anilines is 1. The van der Waals surface area contributed by atoms with Crippen molar-refractivity contribution in [2.45, 2.75) is 23.5 Å². The summed E-state index contributed by atoms with van der Waals surface area (Å²) < 4.78 is 75.0. The molecule has 0 saturated heterocycles. The molecular weight excluding hydrogens is 585 g/mol. The van der Waals surface area contributed by atoms with Crippen LogP contribution in [0.5, 0.6) is 5.75 Å². The van der Waals surface area contributed by atoms with Crippen LogP contribution in [0.3, 0.4) is 0 Å². The Balaban J connectivity index is 1.33. The molecule has 8 nitrogen and oxygen atoms in total. The van der Waals surface area contributed by atoms with Gasteiger partial charge in [-0.25, -0.2) is 13.2 Å². The number of hydrogen-bond donors (Lipinski definition) is 2. The van der Waals surface area contributed by atoms with E-state index in [9.17, 15) is 31.2 Å². The highest BCUT2D eigenvalue weighted by Crippen LogP contribution is 2.39. The first-order valence-electron chi connectivity index (χ1n) is 13.1. The predicted molar refractivity (Wildman–Crippen MR) is 152 cm³/mol. The van der Waals surface area contributed by atoms with E-state index in [-0.39, 0.29) is 41.2 Å². The summed E-state index contributed by atoms with van der Waals surface area (Å²) in [6.45, 7) is 0.0962. The Morgan fingerprint density at radius 3 is 2.23 bits per heavy atom. The number of alkyl halides is 3. The lowest BCUT2D eigenvalue weighted by molar-refractivity contribution is -0.137. The van der Waals surface area contributed by atoms with Gasteiger partial charge in [-0.3, -0.25) is 9.10 Å². The molecule has 1 aliphatic rings. The number of sulfonamides is 1. The lowest BCUT2D eigenvalue weighted by Gasteiger charge is -2.26. The molecule has 12 heteroatoms. The van der Waals surface area contributed by atoms with E-state index in [1.807, 2.05) is 0 Å². The molecule has 1 atom stereocenters. The summed E-state index contributed by atoms with van der Waals surface area (Å²) in [4.78, 5) is 24.1. The molecule has 0 aliphatic carbocycles. The first-order chi connectivity index (χ1) is 20.5. The van der Waals surface area contributed by atoms with Crippen molar-refractivity contribution in [2.75, 3.05) is 17.5 Å². The van der Waals surface area contributed by atoms with Gasteiger partial charge in [0, 0.05) is 6.42 Å². The van der Waals surface area contributed by atoms with E-state index in [1.165, 1.54) is 66.7 Å². The Morgan fingerprint density at radius 1 is 0.907 bits per heavy atom. The predicted octanol–water partition coefficient (Wildman–Crippen LogP) is 5.39. The summed E-state index contributed by atoms with van der Waals surface area (Å²) in [5.74, 6) is -1.23. The Morgan fingerprint density at radius 2 is 1.56 bits per heavy atom. The van der Waals surface area contributed by atoms with Gasteiger partial charge in [0.25, 0.3) is 10.0 Å². The minimum absolute atomic E-state index is 0.0471. The van der Waals surface area contributed by atoms with Gasteiger partial charge < -0.3 is 15.2 Å². The number of carbonyl (C=O) groups excluding carboxylic acids is 1. The number of carboxylic acids is 1. The standard InChI is InChI=1S/C31H25F3N2O6S/c32-31(33,34)26-7-3-2-6-25(26)20-11-15-24(16-12-20)43(40,41)36-27-8-4-1-5-22(27)19-28(36)29(37)35-17-18-42-23-13-9-21(10-14-23)30(38)39/h1-16,28H,17-19H2,(H,35,37)(H,38,39)/t28-/m0/s1. The molecule has 0 aromatic heterocycles. The maximum Gasteiger partial charge on any atom is 0.417 e. The molecule has 0 spiro atoms. The van der Waals surface area contributed by atoms with E-state index < -0.39 is 39.7 Å². The van der Waals surface area contributed by atoms with Crippen molar-refractivity contribution in [2.24, 2.45) is 0 Å². The van der Waals surface area contributed by atoms with Crippen molar-refractivity contribution in [1.29, 1.82) is 0 Å². The van der Waals surface area contributed by atoms with Crippen LogP contribution in [0, 0.1) is 0 Å². The molecule has 4 aromatic carbocycles. The summed E-state index contributed by atoms with van der Waals surface area (Å²) in [6.07, 6.45) is -4.47. The number of halogens is 3. The van der Waals surface area contributed by atoms with Gasteiger partial charge in [-0.1, -0.05) is 48.5 Å². The second-order valence-corrected chi connectivity index (χ2v) is 11.5. The van der Waals surface area contributed by atoms with Crippen molar-refractivity contribution < 1.29 is 41.0 Å². The van der Waals surface area contributed by atoms with Crippen molar-refractivity contribution in [3.63, 3.8) is 0 Å². The molecule has 2 N–H and O–H groups in total. The first kappa shape index (κ1) is 29.6. The quantitative estimate of drug-likeness (QED) is 0.246. The fourth-order valence-corrected chi connectivity index (χ4v) is 6.56. The Hall–Kier alpha value is -4.84. The van der Waals surface area contributed by atoms with Gasteiger partial charge >= 0.3 is 12.1 Å². The summed E-state index contributed by atoms with van der Waals surface area (Å²) in [5.41, 5.74) is 0.365. The summed E-state index contributed by atoms with van der Waals surface area (Å²) in [5, 5.41) is 11.7. The molecule has 1 amide bonds. The largest absolute Gasteiger partial charge is 0.492 e. The van der Waals surface area contributed by atoms with Crippen molar-refractivity contribution >= 4 is 27.6 Å². The van der Waals surface area contributed by atoms with Crippen molar-refractivity contribution in [3.05, 3.63) is 114 Å². The number of nitrogens with one attached hydrogen (secondary N) is 1. The van der Waals surface area contributed by atoms with Crippen LogP contribution < -0.4 is 14.4 Å². The molecule has 5 rings (SSSR count). The fourth-order valence-electron chi connectivity index (χ4n) is 4.91. The van der Waals surface area contributed by atoms with Crippen LogP contribution in [0.4, 0.5) is 18.9 Å². The highest BCUT2D eigenvalue weighted by atomic mass is 32.2. The lowest BCUT2D eigenvalue weighted by Crippen LogP contribution is -2.48. The van der Waals surface area contributed by atoms with Crippen LogP contribution in [-0.4, -0.2) is 44.6 Å². The number of carboxylic acid groups (broad SMARTS) is 1. The molecule has 1 heterocycles. The number of carbonyl (C=O) groups is 2. The number of amides is 1. The molecule has 0 radical (unpaired) electrons. The number of para-hydroxylation sites is 1. The van der Waals surface area contributed by atoms with Gasteiger partial charge in [-0.05, 0) is 65.2 Å². The van der Waals surface area contributed by atoms with Gasteiger partial charge in [0.1, 0.15) is 18.4 Å². The highest BCUT2D eigenvalue weighted by Gasteiger charge is 2.42. The molecule has 4 aromatic rings. The number of nitrogens with zero attached hydrogens (tertiary/aromatic N) is 1. The third kappa shape index (κ3) is 6.19. The minimum Gasteiger partial charge on any atom is -0.492 e. The second kappa shape index (κ2) is 11.8. The average molecular weight is 611 g/mol. The van der Waals surface area contributed by atoms with Crippen LogP contribution in [0.2, 0.25) is 0 Å². The van der Waals surface area contributed by atoms with Crippen molar-refractivity contribution in [1.82, 2.24) is 5.32 Å². The molecule has 0 unspecified atom stereocenters. The van der Waals surface area contributed by atoms with Gasteiger partial charge in [0.2, 0.25) is 5.91 Å². The third-order valence-electron chi connectivity index (χ3n) is 6.95. The summed E-state index contributed by atoms with van der Waals surface area (Å²) >= 11 is 0. The summed E-state index contributed by atoms with van der Waals surface area (Å²) in [6, 6.07) is 21.5. The Bertz CT molecular complexity index is 1760. The zero-order valence-corrected chi connectivity index (χ0v) is 23.2. The molecule has 0 fully saturated rings. The fraction of sp³-hybridized carbons (Fsp3) is 0.161. The van der Waals surface area contributed by atoms with E-state index in [2.05, 4.69) is 5.32 Å². The second-order valence-electron chi connectivity index (χ2n) is 9.69. The normalized spacial score (nSPS) is 14.7. The topological polar surface area (TPSA) is 113 Å². The number of rotatable bonds is 9. The number of ether oxygens (including phenoxy) is 1. The zero-order chi connectivity index (χ0) is 30.8. The van der Waals surface area contributed by atoms with E-state index in [4.69, 9.17) is 9.84 Å². The Labute approximate surface area is 245 Å². The maximum absolute atomic E-state index is 13.9. The monoisotopic (exact) mass is 610 g/mol. The van der Waals surface area contributed by atoms with Gasteiger partial charge in [-0.2, -0.15) is 13.2 Å². The average Bonchev–Trinajstić information content (AvgIpc) is 3.40. The van der Waals surface area contributed by atoms with Gasteiger partial charge in [0.05, 0.1) is 28.3 Å². The maximum atomic E-state index is 13.9. The number of hydrogen-bond acceptors (Lipinski definition) is 5. The number of benzene rings is 4. The number of fused-ring (bicyclic) bond motifs is 1. The smallest absolute Gasteiger partial charge is 0.417 e. The molecule has 222 valence electrons. The van der Waals surface area contributed by atoms with Gasteiger partial charge in [-0.15, -0.1) is 0 Å². The summed E-state index contributed by atoms with van der Waals surface area (Å²) in [7, 11) is -4.30. The van der Waals surface area contributed by atoms with Crippen molar-refractivity contribution in [3.8, 4) is 16.9 Å². The minimum atomic E-state index is -4.59. The SMILES string of the molecule is O=C(O)c1ccc(OCCNC(=O)[C@@H]2Cc3ccccc3N2S(=O)(=O)c2ccc(-c3ccccc3C(F)(F)F)cc2)cc1. The van der Waals surface area contributed by atoms with Gasteiger partial charge in [0.15, 0.2) is 0 Å². The van der Waals surface area contributed by atoms with Crippen LogP contribution in [-0.2, 0) is 27.4 Å². The van der Waals surface area contributed by atoms with E-state index in [0.717, 1.165) is 10.4 Å². The zero-order valence-electron chi connectivity index (χ0n) is 22.4. The molecule has 43 heavy (non-hydrogen) atoms. The number of aromatic carboxylic acids is 1. The lowest BCUT2D eigenvalue weighted by atomic mass is 9.99. The third-order valence-corrected chi connectivity index (χ3v) is 8.79. The van der Waals surface area contributed by atoms with Crippen LogP contribution in [0.25, 0.3) is 11.1 Å². The molecule has 0 saturated carbocycles. The molecule has 0 bridgehead atoms.